The molecule has 0 amide bonds. The van der Waals surface area contributed by atoms with Crippen LogP contribution in [0.25, 0.3) is 0 Å². The molecule has 5 nitrogen and oxygen atoms in total. The Morgan fingerprint density at radius 2 is 1.76 bits per heavy atom. The van der Waals surface area contributed by atoms with E-state index in [4.69, 9.17) is 9.47 Å². The van der Waals surface area contributed by atoms with Gasteiger partial charge in [-0.2, -0.15) is 0 Å². The Hall–Kier alpha value is -1.30. The predicted octanol–water partition coefficient (Wildman–Crippen LogP) is 1.39. The molecule has 2 rings (SSSR count). The van der Waals surface area contributed by atoms with E-state index in [2.05, 4.69) is 41.4 Å². The van der Waals surface area contributed by atoms with E-state index in [0.29, 0.717) is 6.04 Å². The maximum Gasteiger partial charge on any atom is 0.160 e. The van der Waals surface area contributed by atoms with Gasteiger partial charge in [0.15, 0.2) is 11.5 Å². The minimum Gasteiger partial charge on any atom is -0.493 e. The Bertz CT molecular complexity index is 445. The molecule has 21 heavy (non-hydrogen) atoms. The van der Waals surface area contributed by atoms with E-state index in [-0.39, 0.29) is 0 Å². The Balaban J connectivity index is 1.88. The van der Waals surface area contributed by atoms with Crippen LogP contribution in [0.3, 0.4) is 0 Å². The van der Waals surface area contributed by atoms with Crippen LogP contribution in [0, 0.1) is 0 Å². The van der Waals surface area contributed by atoms with Crippen molar-refractivity contribution in [3.8, 4) is 11.5 Å². The van der Waals surface area contributed by atoms with Gasteiger partial charge in [0.25, 0.3) is 0 Å². The molecule has 0 bridgehead atoms. The molecule has 1 heterocycles. The summed E-state index contributed by atoms with van der Waals surface area (Å²) in [7, 11) is 5.51. The van der Waals surface area contributed by atoms with E-state index >= 15 is 0 Å². The Morgan fingerprint density at radius 3 is 2.38 bits per heavy atom. The third-order valence-corrected chi connectivity index (χ3v) is 3.90. The molecule has 1 saturated heterocycles. The largest absolute Gasteiger partial charge is 0.493 e. The summed E-state index contributed by atoms with van der Waals surface area (Å²) < 4.78 is 10.6. The van der Waals surface area contributed by atoms with Crippen LogP contribution < -0.4 is 14.9 Å². The molecule has 0 radical (unpaired) electrons. The smallest absolute Gasteiger partial charge is 0.160 e. The van der Waals surface area contributed by atoms with E-state index in [1.807, 2.05) is 6.07 Å². The summed E-state index contributed by atoms with van der Waals surface area (Å²) in [6, 6.07) is 6.52. The first kappa shape index (κ1) is 16.1. The average molecular weight is 293 g/mol. The molecule has 1 fully saturated rings. The van der Waals surface area contributed by atoms with Gasteiger partial charge in [0.2, 0.25) is 0 Å². The minimum absolute atomic E-state index is 0.395. The predicted molar refractivity (Wildman–Crippen MR) is 84.9 cm³/mol. The molecule has 0 saturated carbocycles. The van der Waals surface area contributed by atoms with E-state index in [9.17, 15) is 0 Å². The highest BCUT2D eigenvalue weighted by atomic mass is 16.5. The number of benzene rings is 1. The van der Waals surface area contributed by atoms with E-state index in [1.165, 1.54) is 5.56 Å². The normalized spacial score (nSPS) is 18.5. The van der Waals surface area contributed by atoms with Gasteiger partial charge in [-0.3, -0.25) is 5.43 Å². The zero-order valence-corrected chi connectivity index (χ0v) is 13.6. The van der Waals surface area contributed by atoms with Crippen LogP contribution in [-0.4, -0.2) is 63.4 Å². The van der Waals surface area contributed by atoms with Crippen molar-refractivity contribution >= 4 is 0 Å². The Labute approximate surface area is 127 Å². The number of likely N-dealkylation sites (N-methyl/N-ethyl adjacent to an activating group) is 1. The van der Waals surface area contributed by atoms with Crippen LogP contribution in [0.5, 0.6) is 11.5 Å². The number of hydrogen-bond donors (Lipinski definition) is 1. The van der Waals surface area contributed by atoms with Crippen LogP contribution in [0.2, 0.25) is 0 Å². The number of rotatable bonds is 6. The Kier molecular flexibility index (Phi) is 5.85. The lowest BCUT2D eigenvalue weighted by molar-refractivity contribution is 0.0899. The molecule has 118 valence electrons. The number of nitrogens with zero attached hydrogens (tertiary/aromatic N) is 2. The molecule has 1 aliphatic heterocycles. The summed E-state index contributed by atoms with van der Waals surface area (Å²) in [4.78, 5) is 2.36. The number of hydrogen-bond acceptors (Lipinski definition) is 5. The van der Waals surface area contributed by atoms with Crippen LogP contribution in [0.15, 0.2) is 18.2 Å². The van der Waals surface area contributed by atoms with Crippen molar-refractivity contribution < 1.29 is 9.47 Å². The van der Waals surface area contributed by atoms with Crippen molar-refractivity contribution in [1.82, 2.24) is 15.3 Å². The van der Waals surface area contributed by atoms with Crippen molar-refractivity contribution in [3.63, 3.8) is 0 Å². The number of ether oxygens (including phenoxy) is 2. The van der Waals surface area contributed by atoms with Gasteiger partial charge in [-0.25, -0.2) is 5.01 Å². The molecule has 0 spiro atoms. The number of nitrogens with one attached hydrogen (secondary N) is 1. The standard InChI is InChI=1S/C16H27N3O2/c1-13(17-19-9-7-18(2)8-10-19)11-14-5-6-15(20-3)16(12-14)21-4/h5-6,12-13,17H,7-11H2,1-4H3. The molecule has 1 aliphatic rings. The van der Waals surface area contributed by atoms with Crippen molar-refractivity contribution in [2.75, 3.05) is 47.4 Å². The molecule has 0 aliphatic carbocycles. The number of piperazine rings is 1. The van der Waals surface area contributed by atoms with Gasteiger partial charge in [0.1, 0.15) is 0 Å². The molecular formula is C16H27N3O2. The van der Waals surface area contributed by atoms with Crippen LogP contribution >= 0.6 is 0 Å². The van der Waals surface area contributed by atoms with Crippen LogP contribution in [0.4, 0.5) is 0 Å². The zero-order valence-electron chi connectivity index (χ0n) is 13.6. The van der Waals surface area contributed by atoms with E-state index in [1.54, 1.807) is 14.2 Å². The fourth-order valence-corrected chi connectivity index (χ4v) is 2.65. The Morgan fingerprint density at radius 1 is 1.10 bits per heavy atom. The third kappa shape index (κ3) is 4.59. The fraction of sp³-hybridized carbons (Fsp3) is 0.625. The van der Waals surface area contributed by atoms with Gasteiger partial charge >= 0.3 is 0 Å². The number of methoxy groups -OCH3 is 2. The van der Waals surface area contributed by atoms with Gasteiger partial charge in [0, 0.05) is 32.2 Å². The van der Waals surface area contributed by atoms with Crippen molar-refractivity contribution in [3.05, 3.63) is 23.8 Å². The first-order valence-electron chi connectivity index (χ1n) is 7.53. The number of hydrazine groups is 1. The lowest BCUT2D eigenvalue weighted by atomic mass is 10.1. The second-order valence-electron chi connectivity index (χ2n) is 5.71. The summed E-state index contributed by atoms with van der Waals surface area (Å²) in [6.45, 7) is 6.61. The lowest BCUT2D eigenvalue weighted by Gasteiger charge is -2.34. The summed E-state index contributed by atoms with van der Waals surface area (Å²) in [5, 5.41) is 2.32. The quantitative estimate of drug-likeness (QED) is 0.858. The van der Waals surface area contributed by atoms with Gasteiger partial charge in [-0.05, 0) is 38.1 Å². The van der Waals surface area contributed by atoms with Crippen molar-refractivity contribution in [2.24, 2.45) is 0 Å². The molecule has 1 aromatic rings. The highest BCUT2D eigenvalue weighted by molar-refractivity contribution is 5.43. The summed E-state index contributed by atoms with van der Waals surface area (Å²) in [5.41, 5.74) is 4.84. The van der Waals surface area contributed by atoms with Crippen LogP contribution in [-0.2, 0) is 6.42 Å². The van der Waals surface area contributed by atoms with Gasteiger partial charge in [0.05, 0.1) is 14.2 Å². The summed E-state index contributed by atoms with van der Waals surface area (Å²) in [5.74, 6) is 1.57. The monoisotopic (exact) mass is 293 g/mol. The van der Waals surface area contributed by atoms with Gasteiger partial charge in [-0.1, -0.05) is 6.07 Å². The van der Waals surface area contributed by atoms with Crippen molar-refractivity contribution in [2.45, 2.75) is 19.4 Å². The van der Waals surface area contributed by atoms with Crippen LogP contribution in [0.1, 0.15) is 12.5 Å². The molecule has 1 aromatic carbocycles. The second-order valence-corrected chi connectivity index (χ2v) is 5.71. The fourth-order valence-electron chi connectivity index (χ4n) is 2.65. The molecule has 1 unspecified atom stereocenters. The molecule has 1 atom stereocenters. The first-order chi connectivity index (χ1) is 10.1. The van der Waals surface area contributed by atoms with Gasteiger partial charge in [-0.15, -0.1) is 0 Å². The summed E-state index contributed by atoms with van der Waals surface area (Å²) in [6.07, 6.45) is 0.965. The lowest BCUT2D eigenvalue weighted by Crippen LogP contribution is -2.53. The topological polar surface area (TPSA) is 37.0 Å². The molecule has 1 N–H and O–H groups in total. The average Bonchev–Trinajstić information content (AvgIpc) is 2.49. The summed E-state index contributed by atoms with van der Waals surface area (Å²) >= 11 is 0. The van der Waals surface area contributed by atoms with Crippen molar-refractivity contribution in [1.29, 1.82) is 0 Å². The first-order valence-corrected chi connectivity index (χ1v) is 7.53. The molecule has 5 heteroatoms. The van der Waals surface area contributed by atoms with E-state index < -0.39 is 0 Å². The van der Waals surface area contributed by atoms with Gasteiger partial charge < -0.3 is 14.4 Å². The minimum atomic E-state index is 0.395. The second kappa shape index (κ2) is 7.64. The maximum absolute atomic E-state index is 5.36. The van der Waals surface area contributed by atoms with E-state index in [0.717, 1.165) is 44.1 Å². The zero-order chi connectivity index (χ0) is 15.2. The molecular weight excluding hydrogens is 266 g/mol. The highest BCUT2D eigenvalue weighted by Crippen LogP contribution is 2.27. The third-order valence-electron chi connectivity index (χ3n) is 3.90. The molecule has 0 aromatic heterocycles. The SMILES string of the molecule is COc1ccc(CC(C)NN2CCN(C)CC2)cc1OC. The maximum atomic E-state index is 5.36. The highest BCUT2D eigenvalue weighted by Gasteiger charge is 2.16.